The first-order chi connectivity index (χ1) is 4.56. The molecule has 0 radical (unpaired) electrons. The van der Waals surface area contributed by atoms with Crippen molar-refractivity contribution in [2.24, 2.45) is 0 Å². The van der Waals surface area contributed by atoms with Crippen LogP contribution in [0.3, 0.4) is 0 Å². The zero-order valence-electron chi connectivity index (χ0n) is 8.20. The molecule has 0 aromatic rings. The molecule has 0 aromatic heterocycles. The van der Waals surface area contributed by atoms with E-state index in [9.17, 15) is 0 Å². The van der Waals surface area contributed by atoms with Gasteiger partial charge in [-0.3, -0.25) is 0 Å². The monoisotopic (exact) mass is 250 g/mol. The Morgan fingerprint density at radius 2 is 1.70 bits per heavy atom. The summed E-state index contributed by atoms with van der Waals surface area (Å²) in [5.41, 5.74) is 0. The molecule has 10 heavy (non-hydrogen) atoms. The molecule has 0 nitrogen and oxygen atoms in total. The van der Waals surface area contributed by atoms with Crippen LogP contribution in [0.5, 0.6) is 0 Å². The van der Waals surface area contributed by atoms with Gasteiger partial charge in [0.2, 0.25) is 0 Å². The minimum atomic E-state index is -1.51. The molecule has 0 bridgehead atoms. The van der Waals surface area contributed by atoms with Crippen molar-refractivity contribution in [3.05, 3.63) is 0 Å². The summed E-state index contributed by atoms with van der Waals surface area (Å²) in [7, 11) is 0. The van der Waals surface area contributed by atoms with E-state index in [1.807, 2.05) is 0 Å². The molecule has 0 aliphatic rings. The molecule has 0 aromatic carbocycles. The molecule has 0 spiro atoms. The Morgan fingerprint density at radius 1 is 1.20 bits per heavy atom. The van der Waals surface area contributed by atoms with Gasteiger partial charge in [0.15, 0.2) is 0 Å². The van der Waals surface area contributed by atoms with Gasteiger partial charge < -0.3 is 0 Å². The molecule has 0 amide bonds. The summed E-state index contributed by atoms with van der Waals surface area (Å²) in [5, 5.41) is 0. The molecule has 0 saturated heterocycles. The van der Waals surface area contributed by atoms with Crippen molar-refractivity contribution >= 4 is 18.4 Å². The predicted octanol–water partition coefficient (Wildman–Crippen LogP) is 3.90. The number of rotatable bonds is 4. The summed E-state index contributed by atoms with van der Waals surface area (Å²) < 4.78 is 4.16. The SMILES string of the molecule is CC[CH2][Sn]([CH3])([CH2]C)[CH](C)C. The van der Waals surface area contributed by atoms with Gasteiger partial charge in [0, 0.05) is 0 Å². The van der Waals surface area contributed by atoms with Crippen molar-refractivity contribution in [3.8, 4) is 0 Å². The van der Waals surface area contributed by atoms with Crippen LogP contribution in [0.1, 0.15) is 34.1 Å². The van der Waals surface area contributed by atoms with Gasteiger partial charge in [-0.25, -0.2) is 0 Å². The summed E-state index contributed by atoms with van der Waals surface area (Å²) in [5.74, 6) is 0. The van der Waals surface area contributed by atoms with Crippen LogP contribution in [-0.2, 0) is 0 Å². The minimum absolute atomic E-state index is 1.04. The van der Waals surface area contributed by atoms with E-state index in [0.29, 0.717) is 0 Å². The molecule has 0 fully saturated rings. The topological polar surface area (TPSA) is 0 Å². The van der Waals surface area contributed by atoms with Crippen LogP contribution in [0.25, 0.3) is 0 Å². The zero-order valence-corrected chi connectivity index (χ0v) is 11.1. The normalized spacial score (nSPS) is 17.4. The maximum absolute atomic E-state index is 2.61. The molecule has 1 unspecified atom stereocenters. The summed E-state index contributed by atoms with van der Waals surface area (Å²) in [4.78, 5) is 2.61. The van der Waals surface area contributed by atoms with Crippen molar-refractivity contribution in [2.45, 2.75) is 51.9 Å². The van der Waals surface area contributed by atoms with E-state index in [1.165, 1.54) is 10.9 Å². The Balaban J connectivity index is 3.94. The third-order valence-electron chi connectivity index (χ3n) is 3.02. The van der Waals surface area contributed by atoms with Gasteiger partial charge in [-0.05, 0) is 0 Å². The van der Waals surface area contributed by atoms with E-state index >= 15 is 0 Å². The van der Waals surface area contributed by atoms with Crippen LogP contribution in [0.15, 0.2) is 0 Å². The fourth-order valence-electron chi connectivity index (χ4n) is 1.44. The second-order valence-electron chi connectivity index (χ2n) is 3.91. The van der Waals surface area contributed by atoms with Crippen LogP contribution in [0, 0.1) is 0 Å². The van der Waals surface area contributed by atoms with E-state index < -0.39 is 18.4 Å². The molecule has 1 heteroatoms. The second-order valence-corrected chi connectivity index (χ2v) is 20.1. The second kappa shape index (κ2) is 4.63. The average molecular weight is 249 g/mol. The van der Waals surface area contributed by atoms with Crippen molar-refractivity contribution in [1.82, 2.24) is 0 Å². The third kappa shape index (κ3) is 2.81. The van der Waals surface area contributed by atoms with E-state index in [0.717, 1.165) is 3.93 Å². The summed E-state index contributed by atoms with van der Waals surface area (Å²) >= 11 is -1.51. The number of hydrogen-bond acceptors (Lipinski definition) is 0. The fraction of sp³-hybridized carbons (Fsp3) is 1.00. The molecule has 0 aliphatic carbocycles. The van der Waals surface area contributed by atoms with Crippen LogP contribution in [0.4, 0.5) is 0 Å². The van der Waals surface area contributed by atoms with Gasteiger partial charge in [-0.2, -0.15) is 0 Å². The summed E-state index contributed by atoms with van der Waals surface area (Å²) in [6.45, 7) is 9.57. The first-order valence-electron chi connectivity index (χ1n) is 4.56. The first-order valence-corrected chi connectivity index (χ1v) is 13.1. The van der Waals surface area contributed by atoms with E-state index in [-0.39, 0.29) is 0 Å². The first kappa shape index (κ1) is 10.8. The van der Waals surface area contributed by atoms with Gasteiger partial charge in [-0.15, -0.1) is 0 Å². The molecular formula is C9H22Sn. The van der Waals surface area contributed by atoms with E-state index in [1.54, 1.807) is 4.44 Å². The summed E-state index contributed by atoms with van der Waals surface area (Å²) in [6.07, 6.45) is 1.42. The molecular weight excluding hydrogens is 227 g/mol. The third-order valence-corrected chi connectivity index (χ3v) is 20.3. The molecule has 62 valence electrons. The van der Waals surface area contributed by atoms with Crippen LogP contribution in [0.2, 0.25) is 17.7 Å². The molecule has 0 aliphatic heterocycles. The Kier molecular flexibility index (Phi) is 5.00. The Hall–Kier alpha value is 0.799. The van der Waals surface area contributed by atoms with Gasteiger partial charge in [0.25, 0.3) is 0 Å². The molecule has 0 saturated carbocycles. The Bertz CT molecular complexity index is 88.7. The molecule has 0 N–H and O–H groups in total. The Labute approximate surface area is 70.3 Å². The predicted molar refractivity (Wildman–Crippen MR) is 52.3 cm³/mol. The van der Waals surface area contributed by atoms with Crippen molar-refractivity contribution in [2.75, 3.05) is 0 Å². The van der Waals surface area contributed by atoms with Gasteiger partial charge in [-0.1, -0.05) is 0 Å². The van der Waals surface area contributed by atoms with Crippen molar-refractivity contribution < 1.29 is 0 Å². The van der Waals surface area contributed by atoms with Gasteiger partial charge in [0.1, 0.15) is 0 Å². The van der Waals surface area contributed by atoms with Crippen LogP contribution < -0.4 is 0 Å². The molecule has 1 atom stereocenters. The van der Waals surface area contributed by atoms with E-state index in [4.69, 9.17) is 0 Å². The van der Waals surface area contributed by atoms with Crippen molar-refractivity contribution in [3.63, 3.8) is 0 Å². The standard InChI is InChI=1S/2C3H7.C2H5.CH3.Sn/c2*1-3-2;1-2;;/h3H,1-2H3;1,3H2,2H3;1H2,2H3;1H3;. The van der Waals surface area contributed by atoms with Crippen LogP contribution >= 0.6 is 0 Å². The quantitative estimate of drug-likeness (QED) is 0.662. The van der Waals surface area contributed by atoms with Crippen molar-refractivity contribution in [1.29, 1.82) is 0 Å². The van der Waals surface area contributed by atoms with Gasteiger partial charge in [0.05, 0.1) is 0 Å². The van der Waals surface area contributed by atoms with Gasteiger partial charge >= 0.3 is 70.2 Å². The number of hydrogen-bond donors (Lipinski definition) is 0. The molecule has 0 heterocycles. The average Bonchev–Trinajstić information content (AvgIpc) is 1.88. The summed E-state index contributed by atoms with van der Waals surface area (Å²) in [6, 6.07) is 0. The Morgan fingerprint density at radius 3 is 1.80 bits per heavy atom. The van der Waals surface area contributed by atoms with E-state index in [2.05, 4.69) is 32.6 Å². The maximum atomic E-state index is 2.61. The molecule has 0 rings (SSSR count). The zero-order chi connectivity index (χ0) is 8.20. The fourth-order valence-corrected chi connectivity index (χ4v) is 9.69. The van der Waals surface area contributed by atoms with Crippen LogP contribution in [-0.4, -0.2) is 18.4 Å².